The highest BCUT2D eigenvalue weighted by molar-refractivity contribution is 7.94. The molecular formula is C18H15N5O3S2. The molecule has 1 heterocycles. The molecular weight excluding hydrogens is 398 g/mol. The summed E-state index contributed by atoms with van der Waals surface area (Å²) in [5.74, 6) is -0.402. The van der Waals surface area contributed by atoms with E-state index >= 15 is 0 Å². The zero-order valence-corrected chi connectivity index (χ0v) is 16.3. The van der Waals surface area contributed by atoms with Crippen LogP contribution in [0.1, 0.15) is 21.5 Å². The summed E-state index contributed by atoms with van der Waals surface area (Å²) in [5, 5.41) is 18.7. The first-order chi connectivity index (χ1) is 13.4. The molecule has 142 valence electrons. The van der Waals surface area contributed by atoms with E-state index in [2.05, 4.69) is 20.2 Å². The van der Waals surface area contributed by atoms with Crippen molar-refractivity contribution < 1.29 is 13.2 Å². The lowest BCUT2D eigenvalue weighted by atomic mass is 10.1. The molecule has 0 saturated carbocycles. The monoisotopic (exact) mass is 413 g/mol. The normalized spacial score (nSPS) is 10.9. The third-order valence-corrected chi connectivity index (χ3v) is 6.25. The number of carbonyl (C=O) groups excluding carboxylic acids is 1. The van der Waals surface area contributed by atoms with Gasteiger partial charge in [-0.15, -0.1) is 10.2 Å². The van der Waals surface area contributed by atoms with E-state index in [-0.39, 0.29) is 15.9 Å². The molecule has 28 heavy (non-hydrogen) atoms. The molecule has 1 amide bonds. The van der Waals surface area contributed by atoms with Gasteiger partial charge in [0.1, 0.15) is 0 Å². The molecule has 1 aromatic heterocycles. The Morgan fingerprint density at radius 3 is 2.43 bits per heavy atom. The highest BCUT2D eigenvalue weighted by Crippen LogP contribution is 2.23. The molecule has 0 spiro atoms. The molecule has 8 nitrogen and oxygen atoms in total. The topological polar surface area (TPSA) is 125 Å². The number of hydrogen-bond donors (Lipinski definition) is 2. The number of carbonyl (C=O) groups is 1. The van der Waals surface area contributed by atoms with Crippen LogP contribution in [0.5, 0.6) is 0 Å². The van der Waals surface area contributed by atoms with Crippen LogP contribution in [0.4, 0.5) is 10.8 Å². The van der Waals surface area contributed by atoms with Crippen molar-refractivity contribution in [2.24, 2.45) is 0 Å². The average molecular weight is 413 g/mol. The van der Waals surface area contributed by atoms with Gasteiger partial charge in [0.25, 0.3) is 20.3 Å². The van der Waals surface area contributed by atoms with Crippen molar-refractivity contribution in [3.63, 3.8) is 0 Å². The Balaban J connectivity index is 1.70. The summed E-state index contributed by atoms with van der Waals surface area (Å²) in [4.78, 5) is 12.2. The quantitative estimate of drug-likeness (QED) is 0.599. The van der Waals surface area contributed by atoms with Gasteiger partial charge in [0, 0.05) is 11.3 Å². The summed E-state index contributed by atoms with van der Waals surface area (Å²) in [7, 11) is -3.95. The first-order valence-corrected chi connectivity index (χ1v) is 10.4. The molecule has 0 radical (unpaired) electrons. The van der Waals surface area contributed by atoms with Crippen molar-refractivity contribution in [1.82, 2.24) is 10.2 Å². The van der Waals surface area contributed by atoms with Crippen LogP contribution >= 0.6 is 11.3 Å². The summed E-state index contributed by atoms with van der Waals surface area (Å²) < 4.78 is 27.0. The number of anilines is 2. The first-order valence-electron chi connectivity index (χ1n) is 8.07. The number of sulfonamides is 1. The molecule has 10 heteroatoms. The number of hydrogen-bond acceptors (Lipinski definition) is 7. The molecule has 0 aliphatic heterocycles. The lowest BCUT2D eigenvalue weighted by Gasteiger charge is -2.05. The van der Waals surface area contributed by atoms with Crippen molar-refractivity contribution in [3.05, 3.63) is 65.2 Å². The predicted molar refractivity (Wildman–Crippen MR) is 106 cm³/mol. The molecule has 0 fully saturated rings. The van der Waals surface area contributed by atoms with E-state index in [0.717, 1.165) is 22.5 Å². The fourth-order valence-electron chi connectivity index (χ4n) is 2.22. The summed E-state index contributed by atoms with van der Waals surface area (Å²) >= 11 is 0.749. The molecule has 0 saturated heterocycles. The van der Waals surface area contributed by atoms with Gasteiger partial charge < -0.3 is 0 Å². The standard InChI is InChI=1S/C18H15N5O3S2/c1-12-2-6-14(7-3-12)16(24)20-17-21-22-18(27-17)28(25,26)23-15-8-4-13(5-9-15)10-11-19/h2-9,23H,10H2,1H3,(H,20,21,24). The Morgan fingerprint density at radius 1 is 1.11 bits per heavy atom. The van der Waals surface area contributed by atoms with E-state index in [1.165, 1.54) is 0 Å². The number of aryl methyl sites for hydroxylation is 1. The van der Waals surface area contributed by atoms with Crippen LogP contribution in [0.25, 0.3) is 0 Å². The van der Waals surface area contributed by atoms with Gasteiger partial charge in [0.2, 0.25) is 5.13 Å². The minimum atomic E-state index is -3.95. The van der Waals surface area contributed by atoms with Gasteiger partial charge in [-0.25, -0.2) is 0 Å². The van der Waals surface area contributed by atoms with Gasteiger partial charge in [-0.2, -0.15) is 13.7 Å². The lowest BCUT2D eigenvalue weighted by Crippen LogP contribution is -2.12. The van der Waals surface area contributed by atoms with E-state index in [0.29, 0.717) is 11.3 Å². The van der Waals surface area contributed by atoms with E-state index in [1.807, 2.05) is 13.0 Å². The van der Waals surface area contributed by atoms with Gasteiger partial charge in [-0.05, 0) is 36.8 Å². The van der Waals surface area contributed by atoms with Crippen molar-refractivity contribution in [1.29, 1.82) is 5.26 Å². The van der Waals surface area contributed by atoms with Crippen LogP contribution in [-0.4, -0.2) is 24.5 Å². The lowest BCUT2D eigenvalue weighted by molar-refractivity contribution is 0.102. The Kier molecular flexibility index (Phi) is 5.67. The second-order valence-corrected chi connectivity index (χ2v) is 8.66. The van der Waals surface area contributed by atoms with Crippen LogP contribution in [0.3, 0.4) is 0 Å². The van der Waals surface area contributed by atoms with Gasteiger partial charge in [-0.3, -0.25) is 14.8 Å². The minimum Gasteiger partial charge on any atom is -0.296 e. The molecule has 0 atom stereocenters. The SMILES string of the molecule is Cc1ccc(C(=O)Nc2nnc(S(=O)(=O)Nc3ccc(CC#N)cc3)s2)cc1. The Morgan fingerprint density at radius 2 is 1.79 bits per heavy atom. The molecule has 3 aromatic rings. The zero-order valence-electron chi connectivity index (χ0n) is 14.7. The highest BCUT2D eigenvalue weighted by Gasteiger charge is 2.21. The molecule has 2 aromatic carbocycles. The minimum absolute atomic E-state index is 0.0790. The largest absolute Gasteiger partial charge is 0.296 e. The number of benzene rings is 2. The molecule has 0 unspecified atom stereocenters. The number of nitrogens with zero attached hydrogens (tertiary/aromatic N) is 3. The van der Waals surface area contributed by atoms with Crippen LogP contribution in [-0.2, 0) is 16.4 Å². The summed E-state index contributed by atoms with van der Waals surface area (Å²) in [6, 6.07) is 15.4. The number of aromatic nitrogens is 2. The van der Waals surface area contributed by atoms with E-state index in [4.69, 9.17) is 5.26 Å². The fraction of sp³-hybridized carbons (Fsp3) is 0.111. The number of amides is 1. The van der Waals surface area contributed by atoms with Crippen LogP contribution < -0.4 is 10.0 Å². The summed E-state index contributed by atoms with van der Waals surface area (Å²) in [5.41, 5.74) is 2.57. The third-order valence-electron chi connectivity index (χ3n) is 3.66. The maximum Gasteiger partial charge on any atom is 0.291 e. The van der Waals surface area contributed by atoms with Gasteiger partial charge in [-0.1, -0.05) is 41.2 Å². The molecule has 2 N–H and O–H groups in total. The smallest absolute Gasteiger partial charge is 0.291 e. The third kappa shape index (κ3) is 4.70. The Bertz CT molecular complexity index is 1130. The zero-order chi connectivity index (χ0) is 20.1. The van der Waals surface area contributed by atoms with Gasteiger partial charge in [0.05, 0.1) is 12.5 Å². The van der Waals surface area contributed by atoms with Crippen molar-refractivity contribution in [2.45, 2.75) is 17.7 Å². The molecule has 3 rings (SSSR count). The maximum absolute atomic E-state index is 12.5. The maximum atomic E-state index is 12.5. The van der Waals surface area contributed by atoms with Crippen molar-refractivity contribution in [3.8, 4) is 6.07 Å². The molecule has 0 aliphatic carbocycles. The molecule has 0 bridgehead atoms. The van der Waals surface area contributed by atoms with Crippen LogP contribution in [0, 0.1) is 18.3 Å². The molecule has 0 aliphatic rings. The van der Waals surface area contributed by atoms with Gasteiger partial charge >= 0.3 is 0 Å². The Hall–Kier alpha value is -3.29. The van der Waals surface area contributed by atoms with Crippen molar-refractivity contribution >= 4 is 38.1 Å². The predicted octanol–water partition coefficient (Wildman–Crippen LogP) is 2.97. The van der Waals surface area contributed by atoms with E-state index in [9.17, 15) is 13.2 Å². The van der Waals surface area contributed by atoms with Crippen molar-refractivity contribution in [2.75, 3.05) is 10.0 Å². The highest BCUT2D eigenvalue weighted by atomic mass is 32.2. The number of nitrogens with one attached hydrogen (secondary N) is 2. The second kappa shape index (κ2) is 8.16. The van der Waals surface area contributed by atoms with Crippen LogP contribution in [0.2, 0.25) is 0 Å². The van der Waals surface area contributed by atoms with Gasteiger partial charge in [0.15, 0.2) is 0 Å². The fourth-order valence-corrected chi connectivity index (χ4v) is 4.18. The average Bonchev–Trinajstić information content (AvgIpc) is 3.13. The summed E-state index contributed by atoms with van der Waals surface area (Å²) in [6.07, 6.45) is 0.244. The Labute approximate surface area is 165 Å². The number of rotatable bonds is 6. The van der Waals surface area contributed by atoms with Crippen LogP contribution in [0.15, 0.2) is 52.9 Å². The first kappa shape index (κ1) is 19.5. The van der Waals surface area contributed by atoms with E-state index < -0.39 is 15.9 Å². The summed E-state index contributed by atoms with van der Waals surface area (Å²) in [6.45, 7) is 1.91. The second-order valence-electron chi connectivity index (χ2n) is 5.83. The van der Waals surface area contributed by atoms with E-state index in [1.54, 1.807) is 48.5 Å². The number of nitriles is 1.